The molecular weight excluding hydrogens is 284 g/mol. The molecule has 116 valence electrons. The molecule has 2 atom stereocenters. The van der Waals surface area contributed by atoms with Gasteiger partial charge >= 0.3 is 5.97 Å². The van der Waals surface area contributed by atoms with Crippen LogP contribution in [0.3, 0.4) is 0 Å². The SMILES string of the molecule is CC(NC(=O)C1CCN(S(C)(=O)=O)CC1)C(C)C(=O)O. The molecule has 7 nitrogen and oxygen atoms in total. The Labute approximate surface area is 119 Å². The molecule has 8 heteroatoms. The number of amides is 1. The maximum Gasteiger partial charge on any atom is 0.308 e. The van der Waals surface area contributed by atoms with Gasteiger partial charge in [-0.25, -0.2) is 12.7 Å². The van der Waals surface area contributed by atoms with Gasteiger partial charge in [-0.15, -0.1) is 0 Å². The Morgan fingerprint density at radius 3 is 2.15 bits per heavy atom. The molecule has 2 N–H and O–H groups in total. The summed E-state index contributed by atoms with van der Waals surface area (Å²) in [5.41, 5.74) is 0. The standard InChI is InChI=1S/C12H22N2O5S/c1-8(12(16)17)9(2)13-11(15)10-4-6-14(7-5-10)20(3,18)19/h8-10H,4-7H2,1-3H3,(H,13,15)(H,16,17). The lowest BCUT2D eigenvalue weighted by Crippen LogP contribution is -2.46. The van der Waals surface area contributed by atoms with Gasteiger partial charge in [-0.05, 0) is 26.7 Å². The second-order valence-corrected chi connectivity index (χ2v) is 7.34. The second-order valence-electron chi connectivity index (χ2n) is 5.36. The van der Waals surface area contributed by atoms with Crippen molar-refractivity contribution >= 4 is 21.9 Å². The lowest BCUT2D eigenvalue weighted by atomic mass is 9.95. The molecule has 2 unspecified atom stereocenters. The molecule has 0 bridgehead atoms. The Morgan fingerprint density at radius 1 is 1.25 bits per heavy atom. The van der Waals surface area contributed by atoms with Gasteiger partial charge in [-0.3, -0.25) is 9.59 Å². The van der Waals surface area contributed by atoms with Crippen molar-refractivity contribution in [2.24, 2.45) is 11.8 Å². The molecule has 1 fully saturated rings. The van der Waals surface area contributed by atoms with Crippen molar-refractivity contribution in [3.8, 4) is 0 Å². The van der Waals surface area contributed by atoms with Gasteiger partial charge in [-0.2, -0.15) is 0 Å². The van der Waals surface area contributed by atoms with E-state index in [0.29, 0.717) is 25.9 Å². The molecule has 1 aliphatic heterocycles. The van der Waals surface area contributed by atoms with Crippen LogP contribution in [0.4, 0.5) is 0 Å². The zero-order valence-corrected chi connectivity index (χ0v) is 12.8. The van der Waals surface area contributed by atoms with Crippen LogP contribution in [0.15, 0.2) is 0 Å². The first kappa shape index (κ1) is 16.9. The normalized spacial score (nSPS) is 21.1. The van der Waals surface area contributed by atoms with Crippen LogP contribution in [0.1, 0.15) is 26.7 Å². The molecule has 0 aliphatic carbocycles. The van der Waals surface area contributed by atoms with Crippen molar-refractivity contribution in [3.63, 3.8) is 0 Å². The van der Waals surface area contributed by atoms with Crippen molar-refractivity contribution in [1.82, 2.24) is 9.62 Å². The van der Waals surface area contributed by atoms with E-state index in [0.717, 1.165) is 6.26 Å². The quantitative estimate of drug-likeness (QED) is 0.737. The van der Waals surface area contributed by atoms with Gasteiger partial charge in [0.05, 0.1) is 12.2 Å². The molecule has 1 amide bonds. The van der Waals surface area contributed by atoms with E-state index in [9.17, 15) is 18.0 Å². The van der Waals surface area contributed by atoms with E-state index in [1.54, 1.807) is 13.8 Å². The van der Waals surface area contributed by atoms with Crippen molar-refractivity contribution in [2.75, 3.05) is 19.3 Å². The van der Waals surface area contributed by atoms with E-state index in [2.05, 4.69) is 5.32 Å². The molecule has 1 heterocycles. The van der Waals surface area contributed by atoms with Crippen molar-refractivity contribution in [3.05, 3.63) is 0 Å². The Balaban J connectivity index is 2.49. The number of piperidine rings is 1. The van der Waals surface area contributed by atoms with Gasteiger partial charge in [0.1, 0.15) is 0 Å². The molecule has 1 saturated heterocycles. The summed E-state index contributed by atoms with van der Waals surface area (Å²) in [4.78, 5) is 22.8. The van der Waals surface area contributed by atoms with Crippen LogP contribution in [-0.2, 0) is 19.6 Å². The summed E-state index contributed by atoms with van der Waals surface area (Å²) in [5, 5.41) is 11.6. The third-order valence-corrected chi connectivity index (χ3v) is 5.11. The average molecular weight is 306 g/mol. The Kier molecular flexibility index (Phi) is 5.52. The van der Waals surface area contributed by atoms with Gasteiger partial charge in [-0.1, -0.05) is 0 Å². The van der Waals surface area contributed by atoms with Crippen LogP contribution in [0.25, 0.3) is 0 Å². The fourth-order valence-corrected chi connectivity index (χ4v) is 3.00. The first-order valence-electron chi connectivity index (χ1n) is 6.61. The second kappa shape index (κ2) is 6.53. The summed E-state index contributed by atoms with van der Waals surface area (Å²) in [5.74, 6) is -2.06. The van der Waals surface area contributed by atoms with Gasteiger partial charge in [0.2, 0.25) is 15.9 Å². The summed E-state index contributed by atoms with van der Waals surface area (Å²) < 4.78 is 24.1. The minimum absolute atomic E-state index is 0.196. The number of carboxylic acids is 1. The van der Waals surface area contributed by atoms with Crippen LogP contribution in [0.5, 0.6) is 0 Å². The Bertz CT molecular complexity index is 468. The highest BCUT2D eigenvalue weighted by atomic mass is 32.2. The average Bonchev–Trinajstić information content (AvgIpc) is 2.36. The van der Waals surface area contributed by atoms with Crippen LogP contribution in [0, 0.1) is 11.8 Å². The number of aliphatic carboxylic acids is 1. The van der Waals surface area contributed by atoms with Crippen LogP contribution in [0.2, 0.25) is 0 Å². The summed E-state index contributed by atoms with van der Waals surface area (Å²) in [6, 6.07) is -0.451. The number of carbonyl (C=O) groups is 2. The molecule has 0 aromatic rings. The predicted molar refractivity (Wildman–Crippen MR) is 73.5 cm³/mol. The summed E-state index contributed by atoms with van der Waals surface area (Å²) >= 11 is 0. The third-order valence-electron chi connectivity index (χ3n) is 3.80. The smallest absolute Gasteiger partial charge is 0.308 e. The first-order chi connectivity index (χ1) is 9.12. The highest BCUT2D eigenvalue weighted by Gasteiger charge is 2.30. The van der Waals surface area contributed by atoms with Crippen LogP contribution < -0.4 is 5.32 Å². The molecule has 1 aliphatic rings. The minimum Gasteiger partial charge on any atom is -0.481 e. The minimum atomic E-state index is -3.20. The van der Waals surface area contributed by atoms with E-state index in [4.69, 9.17) is 5.11 Å². The van der Waals surface area contributed by atoms with Crippen LogP contribution >= 0.6 is 0 Å². The molecule has 0 aromatic heterocycles. The van der Waals surface area contributed by atoms with E-state index in [1.165, 1.54) is 4.31 Å². The number of sulfonamides is 1. The van der Waals surface area contributed by atoms with E-state index < -0.39 is 28.0 Å². The van der Waals surface area contributed by atoms with E-state index >= 15 is 0 Å². The molecule has 20 heavy (non-hydrogen) atoms. The maximum absolute atomic E-state index is 12.0. The van der Waals surface area contributed by atoms with Crippen molar-refractivity contribution < 1.29 is 23.1 Å². The predicted octanol–water partition coefficient (Wildman–Crippen LogP) is -0.117. The maximum atomic E-state index is 12.0. The van der Waals surface area contributed by atoms with E-state index in [1.807, 2.05) is 0 Å². The summed E-state index contributed by atoms with van der Waals surface area (Å²) in [7, 11) is -3.20. The molecule has 0 radical (unpaired) electrons. The highest BCUT2D eigenvalue weighted by Crippen LogP contribution is 2.19. The van der Waals surface area contributed by atoms with Gasteiger partial charge < -0.3 is 10.4 Å². The zero-order chi connectivity index (χ0) is 15.5. The lowest BCUT2D eigenvalue weighted by molar-refractivity contribution is -0.142. The number of carbonyl (C=O) groups excluding carboxylic acids is 1. The number of nitrogens with one attached hydrogen (secondary N) is 1. The largest absolute Gasteiger partial charge is 0.481 e. The van der Waals surface area contributed by atoms with Gasteiger partial charge in [0.25, 0.3) is 0 Å². The number of rotatable bonds is 5. The molecule has 0 aromatic carbocycles. The Morgan fingerprint density at radius 2 is 1.75 bits per heavy atom. The van der Waals surface area contributed by atoms with Crippen molar-refractivity contribution in [1.29, 1.82) is 0 Å². The zero-order valence-electron chi connectivity index (χ0n) is 12.0. The topological polar surface area (TPSA) is 104 Å². The summed E-state index contributed by atoms with van der Waals surface area (Å²) in [6.45, 7) is 3.86. The van der Waals surface area contributed by atoms with E-state index in [-0.39, 0.29) is 11.8 Å². The lowest BCUT2D eigenvalue weighted by Gasteiger charge is -2.30. The monoisotopic (exact) mass is 306 g/mol. The number of carboxylic acid groups (broad SMARTS) is 1. The number of hydrogen-bond donors (Lipinski definition) is 2. The Hall–Kier alpha value is -1.15. The third kappa shape index (κ3) is 4.45. The summed E-state index contributed by atoms with van der Waals surface area (Å²) in [6.07, 6.45) is 2.09. The van der Waals surface area contributed by atoms with Gasteiger partial charge in [0, 0.05) is 25.0 Å². The number of nitrogens with zero attached hydrogens (tertiary/aromatic N) is 1. The molecule has 0 spiro atoms. The first-order valence-corrected chi connectivity index (χ1v) is 8.46. The molecule has 0 saturated carbocycles. The van der Waals surface area contributed by atoms with Crippen LogP contribution in [-0.4, -0.2) is 55.1 Å². The fourth-order valence-electron chi connectivity index (χ4n) is 2.13. The fraction of sp³-hybridized carbons (Fsp3) is 0.833. The number of hydrogen-bond acceptors (Lipinski definition) is 4. The van der Waals surface area contributed by atoms with Crippen molar-refractivity contribution in [2.45, 2.75) is 32.7 Å². The molecular formula is C12H22N2O5S. The molecule has 1 rings (SSSR count). The highest BCUT2D eigenvalue weighted by molar-refractivity contribution is 7.88. The van der Waals surface area contributed by atoms with Gasteiger partial charge in [0.15, 0.2) is 0 Å².